The second-order valence-electron chi connectivity index (χ2n) is 3.60. The van der Waals surface area contributed by atoms with Crippen molar-refractivity contribution in [2.45, 2.75) is 19.6 Å². The summed E-state index contributed by atoms with van der Waals surface area (Å²) >= 11 is 0. The lowest BCUT2D eigenvalue weighted by Gasteiger charge is -2.13. The molecule has 1 aromatic rings. The van der Waals surface area contributed by atoms with Crippen molar-refractivity contribution in [1.82, 2.24) is 10.8 Å². The van der Waals surface area contributed by atoms with Gasteiger partial charge in [-0.1, -0.05) is 30.3 Å². The van der Waals surface area contributed by atoms with Crippen LogP contribution in [0.15, 0.2) is 30.3 Å². The number of carbonyl (C=O) groups excluding carboxylic acids is 2. The van der Waals surface area contributed by atoms with Crippen molar-refractivity contribution in [1.29, 1.82) is 0 Å². The van der Waals surface area contributed by atoms with Gasteiger partial charge in [0.25, 0.3) is 5.91 Å². The maximum Gasteiger partial charge on any atom is 0.408 e. The van der Waals surface area contributed by atoms with E-state index in [0.29, 0.717) is 0 Å². The third-order valence-electron chi connectivity index (χ3n) is 2.14. The van der Waals surface area contributed by atoms with Crippen LogP contribution in [0, 0.1) is 0 Å². The maximum atomic E-state index is 11.4. The van der Waals surface area contributed by atoms with Gasteiger partial charge in [0.15, 0.2) is 0 Å². The lowest BCUT2D eigenvalue weighted by atomic mass is 10.2. The molecule has 0 spiro atoms. The topological polar surface area (TPSA) is 76.7 Å². The molecule has 2 amide bonds. The van der Waals surface area contributed by atoms with Crippen molar-refractivity contribution >= 4 is 12.0 Å². The zero-order chi connectivity index (χ0) is 13.4. The molecule has 6 nitrogen and oxygen atoms in total. The highest BCUT2D eigenvalue weighted by Crippen LogP contribution is 2.00. The van der Waals surface area contributed by atoms with Gasteiger partial charge in [0, 0.05) is 0 Å². The van der Waals surface area contributed by atoms with Crippen LogP contribution in [0.2, 0.25) is 0 Å². The quantitative estimate of drug-likeness (QED) is 0.766. The number of amides is 2. The predicted molar refractivity (Wildman–Crippen MR) is 64.4 cm³/mol. The van der Waals surface area contributed by atoms with Crippen LogP contribution >= 0.6 is 0 Å². The predicted octanol–water partition coefficient (Wildman–Crippen LogP) is 0.979. The molecule has 0 aliphatic rings. The first-order chi connectivity index (χ1) is 8.63. The van der Waals surface area contributed by atoms with Crippen molar-refractivity contribution in [2.24, 2.45) is 0 Å². The molecular weight excluding hydrogens is 236 g/mol. The fourth-order valence-corrected chi connectivity index (χ4v) is 1.20. The van der Waals surface area contributed by atoms with Gasteiger partial charge in [0.05, 0.1) is 7.11 Å². The third kappa shape index (κ3) is 4.84. The van der Waals surface area contributed by atoms with Crippen LogP contribution in [-0.2, 0) is 21.0 Å². The fourth-order valence-electron chi connectivity index (χ4n) is 1.20. The second-order valence-corrected chi connectivity index (χ2v) is 3.60. The summed E-state index contributed by atoms with van der Waals surface area (Å²) in [6.07, 6.45) is -0.655. The van der Waals surface area contributed by atoms with E-state index in [4.69, 9.17) is 4.74 Å². The molecule has 0 fully saturated rings. The average Bonchev–Trinajstić information content (AvgIpc) is 2.38. The zero-order valence-electron chi connectivity index (χ0n) is 10.3. The number of carbonyl (C=O) groups is 2. The highest BCUT2D eigenvalue weighted by Gasteiger charge is 2.15. The van der Waals surface area contributed by atoms with Crippen LogP contribution in [-0.4, -0.2) is 25.2 Å². The second kappa shape index (κ2) is 7.29. The van der Waals surface area contributed by atoms with Gasteiger partial charge >= 0.3 is 6.09 Å². The Hall–Kier alpha value is -2.08. The molecule has 6 heteroatoms. The van der Waals surface area contributed by atoms with Crippen LogP contribution in [0.1, 0.15) is 12.5 Å². The number of hydrogen-bond donors (Lipinski definition) is 2. The molecule has 1 aromatic carbocycles. The summed E-state index contributed by atoms with van der Waals surface area (Å²) in [6.45, 7) is 1.68. The number of hydrogen-bond acceptors (Lipinski definition) is 4. The van der Waals surface area contributed by atoms with Crippen LogP contribution in [0.25, 0.3) is 0 Å². The molecule has 0 aliphatic heterocycles. The van der Waals surface area contributed by atoms with E-state index in [1.165, 1.54) is 14.0 Å². The molecule has 98 valence electrons. The first-order valence-corrected chi connectivity index (χ1v) is 5.43. The summed E-state index contributed by atoms with van der Waals surface area (Å²) in [7, 11) is 1.32. The number of benzene rings is 1. The van der Waals surface area contributed by atoms with Crippen LogP contribution in [0.4, 0.5) is 4.79 Å². The SMILES string of the molecule is CONC(=O)[C@H](C)NC(=O)OCc1ccccc1. The molecule has 2 N–H and O–H groups in total. The van der Waals surface area contributed by atoms with Gasteiger partial charge in [-0.05, 0) is 12.5 Å². The Labute approximate surface area is 105 Å². The van der Waals surface area contributed by atoms with Crippen molar-refractivity contribution < 1.29 is 19.2 Å². The summed E-state index contributed by atoms with van der Waals surface area (Å²) in [5.74, 6) is -0.450. The number of alkyl carbamates (subject to hydrolysis) is 1. The summed E-state index contributed by atoms with van der Waals surface area (Å²) < 4.78 is 4.96. The van der Waals surface area contributed by atoms with E-state index in [1.807, 2.05) is 30.3 Å². The Kier molecular flexibility index (Phi) is 5.66. The van der Waals surface area contributed by atoms with E-state index in [9.17, 15) is 9.59 Å². The molecule has 0 unspecified atom stereocenters. The monoisotopic (exact) mass is 252 g/mol. The number of ether oxygens (including phenoxy) is 1. The lowest BCUT2D eigenvalue weighted by molar-refractivity contribution is -0.132. The van der Waals surface area contributed by atoms with E-state index in [2.05, 4.69) is 15.6 Å². The van der Waals surface area contributed by atoms with Gasteiger partial charge in [-0.25, -0.2) is 10.3 Å². The molecule has 0 saturated heterocycles. The van der Waals surface area contributed by atoms with Crippen molar-refractivity contribution in [2.75, 3.05) is 7.11 Å². The van der Waals surface area contributed by atoms with Crippen LogP contribution in [0.3, 0.4) is 0 Å². The molecule has 0 bridgehead atoms. The summed E-state index contributed by atoms with van der Waals surface area (Å²) in [4.78, 5) is 27.1. The van der Waals surface area contributed by atoms with Gasteiger partial charge in [-0.2, -0.15) is 0 Å². The third-order valence-corrected chi connectivity index (χ3v) is 2.14. The Morgan fingerprint density at radius 1 is 1.28 bits per heavy atom. The summed E-state index contributed by atoms with van der Waals surface area (Å²) in [5.41, 5.74) is 2.99. The highest BCUT2D eigenvalue weighted by molar-refractivity contribution is 5.84. The van der Waals surface area contributed by atoms with Crippen LogP contribution in [0.5, 0.6) is 0 Å². The molecular formula is C12H16N2O4. The Morgan fingerprint density at radius 2 is 1.94 bits per heavy atom. The van der Waals surface area contributed by atoms with E-state index in [1.54, 1.807) is 0 Å². The molecule has 18 heavy (non-hydrogen) atoms. The molecule has 1 rings (SSSR count). The van der Waals surface area contributed by atoms with Gasteiger partial charge in [0.1, 0.15) is 12.6 Å². The molecule has 0 aromatic heterocycles. The molecule has 0 saturated carbocycles. The van der Waals surface area contributed by atoms with Gasteiger partial charge in [-0.15, -0.1) is 0 Å². The van der Waals surface area contributed by atoms with Crippen molar-refractivity contribution in [3.8, 4) is 0 Å². The Balaban J connectivity index is 2.31. The van der Waals surface area contributed by atoms with Gasteiger partial charge < -0.3 is 10.1 Å². The Bertz CT molecular complexity index is 394. The molecule has 0 aliphatic carbocycles. The Morgan fingerprint density at radius 3 is 2.56 bits per heavy atom. The van der Waals surface area contributed by atoms with Gasteiger partial charge in [-0.3, -0.25) is 9.63 Å². The van der Waals surface area contributed by atoms with E-state index in [-0.39, 0.29) is 6.61 Å². The average molecular weight is 252 g/mol. The summed E-state index contributed by atoms with van der Waals surface area (Å²) in [5, 5.41) is 2.38. The molecule has 0 radical (unpaired) electrons. The normalized spacial score (nSPS) is 11.4. The molecule has 0 heterocycles. The minimum Gasteiger partial charge on any atom is -0.445 e. The molecule has 1 atom stereocenters. The first kappa shape index (κ1) is 14.0. The van der Waals surface area contributed by atoms with E-state index < -0.39 is 18.0 Å². The maximum absolute atomic E-state index is 11.4. The van der Waals surface area contributed by atoms with E-state index in [0.717, 1.165) is 5.56 Å². The number of nitrogens with one attached hydrogen (secondary N) is 2. The minimum atomic E-state index is -0.728. The zero-order valence-corrected chi connectivity index (χ0v) is 10.3. The van der Waals surface area contributed by atoms with E-state index >= 15 is 0 Å². The summed E-state index contributed by atoms with van der Waals surface area (Å²) in [6, 6.07) is 8.54. The van der Waals surface area contributed by atoms with Crippen molar-refractivity contribution in [3.05, 3.63) is 35.9 Å². The largest absolute Gasteiger partial charge is 0.445 e. The highest BCUT2D eigenvalue weighted by atomic mass is 16.6. The lowest BCUT2D eigenvalue weighted by Crippen LogP contribution is -2.44. The smallest absolute Gasteiger partial charge is 0.408 e. The fraction of sp³-hybridized carbons (Fsp3) is 0.333. The standard InChI is InChI=1S/C12H16N2O4/c1-9(11(15)14-17-2)13-12(16)18-8-10-6-4-3-5-7-10/h3-7,9H,8H2,1-2H3,(H,13,16)(H,14,15)/t9-/m0/s1. The van der Waals surface area contributed by atoms with Crippen LogP contribution < -0.4 is 10.8 Å². The minimum absolute atomic E-state index is 0.158. The van der Waals surface area contributed by atoms with Crippen molar-refractivity contribution in [3.63, 3.8) is 0 Å². The number of rotatable bonds is 5. The first-order valence-electron chi connectivity index (χ1n) is 5.43. The number of hydroxylamine groups is 1. The van der Waals surface area contributed by atoms with Gasteiger partial charge in [0.2, 0.25) is 0 Å².